The fraction of sp³-hybridized carbons (Fsp3) is 0.0417. The molecule has 1 aliphatic rings. The van der Waals surface area contributed by atoms with Crippen molar-refractivity contribution < 1.29 is 8.83 Å². The summed E-state index contributed by atoms with van der Waals surface area (Å²) in [6.45, 7) is 4.93. The molecule has 0 unspecified atom stereocenters. The Balaban J connectivity index is 1.15. The Hall–Kier alpha value is -6.36. The zero-order chi connectivity index (χ0) is 34.6. The fourth-order valence-electron chi connectivity index (χ4n) is 8.78. The van der Waals surface area contributed by atoms with Gasteiger partial charge in [0.05, 0.1) is 11.1 Å². The zero-order valence-electron chi connectivity index (χ0n) is 28.9. The molecule has 4 heteroatoms. The van der Waals surface area contributed by atoms with E-state index >= 15 is 0 Å². The number of para-hydroxylation sites is 2. The van der Waals surface area contributed by atoms with E-state index in [1.165, 1.54) is 48.8 Å². The summed E-state index contributed by atoms with van der Waals surface area (Å²) in [6.07, 6.45) is 0. The smallest absolute Gasteiger partial charge is 0.143 e. The van der Waals surface area contributed by atoms with E-state index in [0.29, 0.717) is 0 Å². The highest BCUT2D eigenvalue weighted by atomic mass is 28.3. The minimum Gasteiger partial charge on any atom is -0.456 e. The predicted octanol–water partition coefficient (Wildman–Crippen LogP) is 12.6. The number of hydrogen-bond acceptors (Lipinski definition) is 3. The molecule has 1 aliphatic heterocycles. The third-order valence-electron chi connectivity index (χ3n) is 11.3. The second kappa shape index (κ2) is 10.8. The van der Waals surface area contributed by atoms with Crippen LogP contribution in [0.5, 0.6) is 0 Å². The maximum Gasteiger partial charge on any atom is 0.143 e. The molecule has 10 aromatic rings. The summed E-state index contributed by atoms with van der Waals surface area (Å²) in [4.78, 5) is 2.41. The molecular weight excluding hydrogens is 651 g/mol. The Morgan fingerprint density at radius 3 is 1.96 bits per heavy atom. The molecule has 0 atom stereocenters. The highest BCUT2D eigenvalue weighted by Crippen LogP contribution is 2.46. The second-order valence-corrected chi connectivity index (χ2v) is 18.8. The summed E-state index contributed by atoms with van der Waals surface area (Å²) in [5, 5.41) is 9.92. The number of rotatable bonds is 4. The van der Waals surface area contributed by atoms with Gasteiger partial charge in [0, 0.05) is 33.1 Å². The molecule has 3 heterocycles. The number of fused-ring (bicyclic) bond motifs is 11. The number of benzene rings is 8. The first-order chi connectivity index (χ1) is 25.5. The largest absolute Gasteiger partial charge is 0.456 e. The van der Waals surface area contributed by atoms with Crippen LogP contribution in [0.15, 0.2) is 173 Å². The number of hydrogen-bond donors (Lipinski definition) is 0. The van der Waals surface area contributed by atoms with Crippen LogP contribution in [0.25, 0.3) is 76.9 Å². The van der Waals surface area contributed by atoms with Gasteiger partial charge in [-0.2, -0.15) is 0 Å². The lowest BCUT2D eigenvalue weighted by Gasteiger charge is -2.27. The molecule has 3 nitrogen and oxygen atoms in total. The Bertz CT molecular complexity index is 3050. The van der Waals surface area contributed by atoms with Crippen LogP contribution in [-0.4, -0.2) is 8.07 Å². The van der Waals surface area contributed by atoms with Crippen LogP contribution in [0.4, 0.5) is 17.1 Å². The SMILES string of the molecule is C[Si]1(C)c2ccc(N(c3ccc(-c4cccc5ccccc45)cc3)c3cccc4oc5ccccc5c34)cc2-c2c1ccc1c2oc2ccccc21. The first-order valence-corrected chi connectivity index (χ1v) is 20.9. The van der Waals surface area contributed by atoms with Gasteiger partial charge in [0.15, 0.2) is 0 Å². The lowest BCUT2D eigenvalue weighted by atomic mass is 9.97. The lowest BCUT2D eigenvalue weighted by Crippen LogP contribution is -2.49. The van der Waals surface area contributed by atoms with Crippen molar-refractivity contribution in [3.8, 4) is 22.3 Å². The molecule has 11 rings (SSSR count). The molecule has 246 valence electrons. The van der Waals surface area contributed by atoms with E-state index in [-0.39, 0.29) is 0 Å². The fourth-order valence-corrected chi connectivity index (χ4v) is 11.8. The molecule has 0 aliphatic carbocycles. The van der Waals surface area contributed by atoms with E-state index in [1.807, 2.05) is 6.07 Å². The van der Waals surface area contributed by atoms with Crippen LogP contribution in [0.2, 0.25) is 13.1 Å². The van der Waals surface area contributed by atoms with Gasteiger partial charge < -0.3 is 13.7 Å². The van der Waals surface area contributed by atoms with Crippen LogP contribution in [0.3, 0.4) is 0 Å². The predicted molar refractivity (Wildman–Crippen MR) is 221 cm³/mol. The van der Waals surface area contributed by atoms with Crippen molar-refractivity contribution in [2.75, 3.05) is 4.90 Å². The normalized spacial score (nSPS) is 13.3. The van der Waals surface area contributed by atoms with Crippen molar-refractivity contribution >= 4 is 90.2 Å². The molecule has 0 fully saturated rings. The second-order valence-electron chi connectivity index (χ2n) is 14.5. The molecule has 0 saturated carbocycles. The molecule has 0 amide bonds. The maximum absolute atomic E-state index is 6.69. The van der Waals surface area contributed by atoms with Gasteiger partial charge in [-0.05, 0) is 86.4 Å². The molecule has 8 aromatic carbocycles. The average Bonchev–Trinajstić information content (AvgIpc) is 3.83. The van der Waals surface area contributed by atoms with E-state index in [2.05, 4.69) is 176 Å². The third-order valence-corrected chi connectivity index (χ3v) is 14.8. The van der Waals surface area contributed by atoms with Crippen molar-refractivity contribution in [3.63, 3.8) is 0 Å². The van der Waals surface area contributed by atoms with Gasteiger partial charge in [-0.1, -0.05) is 128 Å². The first-order valence-electron chi connectivity index (χ1n) is 17.9. The molecule has 52 heavy (non-hydrogen) atoms. The van der Waals surface area contributed by atoms with Gasteiger partial charge in [0.25, 0.3) is 0 Å². The van der Waals surface area contributed by atoms with Crippen LogP contribution >= 0.6 is 0 Å². The van der Waals surface area contributed by atoms with Crippen LogP contribution < -0.4 is 15.3 Å². The zero-order valence-corrected chi connectivity index (χ0v) is 29.9. The van der Waals surface area contributed by atoms with Crippen LogP contribution in [0.1, 0.15) is 0 Å². The molecule has 0 saturated heterocycles. The van der Waals surface area contributed by atoms with E-state index in [9.17, 15) is 0 Å². The summed E-state index contributed by atoms with van der Waals surface area (Å²) < 4.78 is 13.1. The quantitative estimate of drug-likeness (QED) is 0.173. The van der Waals surface area contributed by atoms with E-state index < -0.39 is 8.07 Å². The van der Waals surface area contributed by atoms with E-state index in [4.69, 9.17) is 8.83 Å². The number of nitrogens with zero attached hydrogens (tertiary/aromatic N) is 1. The first kappa shape index (κ1) is 29.4. The van der Waals surface area contributed by atoms with E-state index in [1.54, 1.807) is 0 Å². The Morgan fingerprint density at radius 1 is 0.462 bits per heavy atom. The third kappa shape index (κ3) is 4.13. The van der Waals surface area contributed by atoms with Gasteiger partial charge in [0.1, 0.15) is 30.4 Å². The molecule has 0 spiro atoms. The lowest BCUT2D eigenvalue weighted by molar-refractivity contribution is 0.669. The minimum absolute atomic E-state index is 0.875. The van der Waals surface area contributed by atoms with Gasteiger partial charge in [0.2, 0.25) is 0 Å². The van der Waals surface area contributed by atoms with Crippen molar-refractivity contribution in [1.82, 2.24) is 0 Å². The summed E-state index contributed by atoms with van der Waals surface area (Å²) in [6, 6.07) is 59.1. The molecule has 0 N–H and O–H groups in total. The summed E-state index contributed by atoms with van der Waals surface area (Å²) in [5.41, 5.74) is 11.9. The Labute approximate surface area is 302 Å². The van der Waals surface area contributed by atoms with E-state index in [0.717, 1.165) is 55.6 Å². The number of furan rings is 2. The summed E-state index contributed by atoms with van der Waals surface area (Å²) >= 11 is 0. The van der Waals surface area contributed by atoms with Gasteiger partial charge in [-0.3, -0.25) is 0 Å². The topological polar surface area (TPSA) is 29.5 Å². The molecule has 2 aromatic heterocycles. The average molecular weight is 684 g/mol. The standard InChI is InChI=1S/C48H33NO2Si/c1-52(2)44-27-25-33(29-39(44)47-45(52)28-26-37-36-14-5-7-18-41(36)51-48(37)47)49(40-17-10-20-43-46(40)38-15-6-8-19-42(38)50-43)32-23-21-31(22-24-32)35-16-9-12-30-11-3-4-13-34(30)35/h3-29H,1-2H3. The molecule has 0 bridgehead atoms. The van der Waals surface area contributed by atoms with Gasteiger partial charge in [-0.25, -0.2) is 0 Å². The summed E-state index contributed by atoms with van der Waals surface area (Å²) in [5.74, 6) is 0. The minimum atomic E-state index is -1.99. The summed E-state index contributed by atoms with van der Waals surface area (Å²) in [7, 11) is -1.99. The van der Waals surface area contributed by atoms with Crippen LogP contribution in [-0.2, 0) is 0 Å². The Morgan fingerprint density at radius 2 is 1.12 bits per heavy atom. The van der Waals surface area contributed by atoms with Crippen LogP contribution in [0, 0.1) is 0 Å². The highest BCUT2D eigenvalue weighted by Gasteiger charge is 2.40. The van der Waals surface area contributed by atoms with Gasteiger partial charge >= 0.3 is 0 Å². The van der Waals surface area contributed by atoms with Crippen molar-refractivity contribution in [1.29, 1.82) is 0 Å². The van der Waals surface area contributed by atoms with Gasteiger partial charge in [-0.15, -0.1) is 0 Å². The molecule has 0 radical (unpaired) electrons. The maximum atomic E-state index is 6.69. The Kier molecular flexibility index (Phi) is 6.11. The van der Waals surface area contributed by atoms with Crippen molar-refractivity contribution in [2.45, 2.75) is 13.1 Å². The number of anilines is 3. The highest BCUT2D eigenvalue weighted by molar-refractivity contribution is 7.04. The van der Waals surface area contributed by atoms with Crippen molar-refractivity contribution in [3.05, 3.63) is 164 Å². The molecular formula is C48H33NO2Si. The monoisotopic (exact) mass is 683 g/mol. The van der Waals surface area contributed by atoms with Crippen molar-refractivity contribution in [2.24, 2.45) is 0 Å².